The van der Waals surface area contributed by atoms with Gasteiger partial charge >= 0.3 is 5.97 Å². The lowest BCUT2D eigenvalue weighted by Gasteiger charge is -2.31. The number of carbonyl (C=O) groups is 1. The van der Waals surface area contributed by atoms with Gasteiger partial charge in [-0.3, -0.25) is 9.20 Å². The normalized spacial score (nSPS) is 18.9. The molecule has 1 aliphatic rings. The zero-order chi connectivity index (χ0) is 19.0. The summed E-state index contributed by atoms with van der Waals surface area (Å²) >= 11 is 0. The molecule has 0 saturated heterocycles. The standard InChI is InChI=1S/C21H21N3O3/c1-14-6-5-9-19-22-17(11-20(25)24(14)19)13-23-12-16-8-4-3-7-15(16)10-18(23)21(26)27-2/h3-9,11,18H,10,12-13H2,1-2H3/p+1/t18-/m0/s1. The molecule has 3 aromatic rings. The van der Waals surface area contributed by atoms with E-state index >= 15 is 0 Å². The Labute approximate surface area is 157 Å². The number of carbonyl (C=O) groups excluding carboxylic acids is 1. The first-order valence-corrected chi connectivity index (χ1v) is 9.04. The minimum atomic E-state index is -0.303. The maximum Gasteiger partial charge on any atom is 0.365 e. The van der Waals surface area contributed by atoms with Gasteiger partial charge in [-0.2, -0.15) is 0 Å². The molecule has 0 saturated carbocycles. The van der Waals surface area contributed by atoms with Gasteiger partial charge in [0, 0.05) is 23.7 Å². The molecule has 0 spiro atoms. The molecule has 0 bridgehead atoms. The summed E-state index contributed by atoms with van der Waals surface area (Å²) < 4.78 is 6.64. The van der Waals surface area contributed by atoms with Gasteiger partial charge in [-0.25, -0.2) is 9.78 Å². The highest BCUT2D eigenvalue weighted by Gasteiger charge is 2.36. The summed E-state index contributed by atoms with van der Waals surface area (Å²) in [7, 11) is 1.42. The summed E-state index contributed by atoms with van der Waals surface area (Å²) in [6, 6.07) is 15.0. The Morgan fingerprint density at radius 1 is 1.22 bits per heavy atom. The van der Waals surface area contributed by atoms with Gasteiger partial charge in [0.05, 0.1) is 7.11 Å². The maximum absolute atomic E-state index is 12.6. The topological polar surface area (TPSA) is 65.1 Å². The quantitative estimate of drug-likeness (QED) is 0.695. The number of pyridine rings is 1. The fourth-order valence-electron chi connectivity index (χ4n) is 3.93. The van der Waals surface area contributed by atoms with Crippen LogP contribution in [0.25, 0.3) is 5.65 Å². The molecule has 3 heterocycles. The molecular formula is C21H22N3O3+. The van der Waals surface area contributed by atoms with Gasteiger partial charge in [0.2, 0.25) is 0 Å². The number of hydrogen-bond donors (Lipinski definition) is 1. The van der Waals surface area contributed by atoms with Crippen LogP contribution in [0.3, 0.4) is 0 Å². The fourth-order valence-corrected chi connectivity index (χ4v) is 3.93. The molecule has 2 aromatic heterocycles. The predicted molar refractivity (Wildman–Crippen MR) is 101 cm³/mol. The van der Waals surface area contributed by atoms with Gasteiger partial charge in [0.1, 0.15) is 24.4 Å². The van der Waals surface area contributed by atoms with E-state index in [4.69, 9.17) is 4.74 Å². The number of quaternary nitrogens is 1. The van der Waals surface area contributed by atoms with E-state index in [2.05, 4.69) is 17.1 Å². The number of esters is 1. The molecule has 6 nitrogen and oxygen atoms in total. The van der Waals surface area contributed by atoms with Gasteiger partial charge in [-0.1, -0.05) is 30.3 Å². The van der Waals surface area contributed by atoms with E-state index in [1.54, 1.807) is 10.5 Å². The summed E-state index contributed by atoms with van der Waals surface area (Å²) in [5.74, 6) is -0.229. The number of rotatable bonds is 3. The summed E-state index contributed by atoms with van der Waals surface area (Å²) in [5.41, 5.74) is 4.47. The van der Waals surface area contributed by atoms with Crippen molar-refractivity contribution in [2.24, 2.45) is 0 Å². The average molecular weight is 364 g/mol. The van der Waals surface area contributed by atoms with Crippen LogP contribution in [0.4, 0.5) is 0 Å². The Morgan fingerprint density at radius 2 is 2.00 bits per heavy atom. The third-order valence-corrected chi connectivity index (χ3v) is 5.28. The van der Waals surface area contributed by atoms with Gasteiger partial charge in [0.25, 0.3) is 5.56 Å². The first kappa shape index (κ1) is 17.4. The third-order valence-electron chi connectivity index (χ3n) is 5.28. The molecule has 6 heteroatoms. The van der Waals surface area contributed by atoms with Gasteiger partial charge in [-0.15, -0.1) is 0 Å². The molecule has 0 amide bonds. The van der Waals surface area contributed by atoms with Crippen molar-refractivity contribution in [2.45, 2.75) is 32.5 Å². The second-order valence-electron chi connectivity index (χ2n) is 7.01. The number of methoxy groups -OCH3 is 1. The van der Waals surface area contributed by atoms with Crippen LogP contribution in [0, 0.1) is 6.92 Å². The van der Waals surface area contributed by atoms with Crippen LogP contribution in [0.1, 0.15) is 22.5 Å². The highest BCUT2D eigenvalue weighted by Crippen LogP contribution is 2.15. The Kier molecular flexibility index (Phi) is 4.49. The van der Waals surface area contributed by atoms with Crippen LogP contribution >= 0.6 is 0 Å². The smallest absolute Gasteiger partial charge is 0.365 e. The van der Waals surface area contributed by atoms with Crippen molar-refractivity contribution in [3.8, 4) is 0 Å². The van der Waals surface area contributed by atoms with E-state index in [1.807, 2.05) is 37.3 Å². The summed E-state index contributed by atoms with van der Waals surface area (Å²) in [5, 5.41) is 0. The van der Waals surface area contributed by atoms with Crippen molar-refractivity contribution in [1.82, 2.24) is 9.38 Å². The molecule has 0 aliphatic carbocycles. The van der Waals surface area contributed by atoms with Crippen molar-refractivity contribution in [1.29, 1.82) is 0 Å². The van der Waals surface area contributed by atoms with Crippen LogP contribution in [0.5, 0.6) is 0 Å². The first-order valence-electron chi connectivity index (χ1n) is 9.04. The number of fused-ring (bicyclic) bond motifs is 2. The lowest BCUT2D eigenvalue weighted by molar-refractivity contribution is -0.946. The summed E-state index contributed by atoms with van der Waals surface area (Å²) in [4.78, 5) is 30.6. The SMILES string of the molecule is COC(=O)[C@@H]1Cc2ccccc2C[NH+]1Cc1cc(=O)n2c(C)cccc2n1. The van der Waals surface area contributed by atoms with E-state index < -0.39 is 0 Å². The van der Waals surface area contributed by atoms with E-state index in [-0.39, 0.29) is 17.6 Å². The van der Waals surface area contributed by atoms with E-state index in [9.17, 15) is 9.59 Å². The maximum atomic E-state index is 12.6. The Balaban J connectivity index is 1.70. The Bertz CT molecular complexity index is 1070. The molecule has 27 heavy (non-hydrogen) atoms. The number of benzene rings is 1. The molecule has 2 atom stereocenters. The van der Waals surface area contributed by atoms with Crippen molar-refractivity contribution < 1.29 is 14.4 Å². The molecule has 1 N–H and O–H groups in total. The van der Waals surface area contributed by atoms with Crippen LogP contribution in [-0.4, -0.2) is 28.5 Å². The predicted octanol–water partition coefficient (Wildman–Crippen LogP) is 0.686. The minimum absolute atomic E-state index is 0.0977. The Morgan fingerprint density at radius 3 is 2.78 bits per heavy atom. The number of nitrogens with one attached hydrogen (secondary N) is 1. The van der Waals surface area contributed by atoms with Crippen molar-refractivity contribution >= 4 is 11.6 Å². The van der Waals surface area contributed by atoms with Gasteiger partial charge < -0.3 is 9.64 Å². The highest BCUT2D eigenvalue weighted by atomic mass is 16.5. The molecular weight excluding hydrogens is 342 g/mol. The number of nitrogens with zero attached hydrogens (tertiary/aromatic N) is 2. The van der Waals surface area contributed by atoms with E-state index in [1.165, 1.54) is 18.2 Å². The number of hydrogen-bond acceptors (Lipinski definition) is 4. The molecule has 4 rings (SSSR count). The number of aryl methyl sites for hydroxylation is 1. The van der Waals surface area contributed by atoms with E-state index in [0.29, 0.717) is 30.9 Å². The number of aromatic nitrogens is 2. The van der Waals surface area contributed by atoms with Crippen LogP contribution in [0.2, 0.25) is 0 Å². The Hall–Kier alpha value is -2.99. The minimum Gasteiger partial charge on any atom is -0.465 e. The zero-order valence-corrected chi connectivity index (χ0v) is 15.4. The lowest BCUT2D eigenvalue weighted by atomic mass is 9.94. The largest absolute Gasteiger partial charge is 0.465 e. The highest BCUT2D eigenvalue weighted by molar-refractivity contribution is 5.74. The fraction of sp³-hybridized carbons (Fsp3) is 0.286. The summed E-state index contributed by atoms with van der Waals surface area (Å²) in [6.45, 7) is 3.08. The third kappa shape index (κ3) is 3.24. The summed E-state index contributed by atoms with van der Waals surface area (Å²) in [6.07, 6.45) is 0.629. The lowest BCUT2D eigenvalue weighted by Crippen LogP contribution is -3.15. The van der Waals surface area contributed by atoms with Crippen molar-refractivity contribution in [2.75, 3.05) is 7.11 Å². The van der Waals surface area contributed by atoms with Crippen LogP contribution in [-0.2, 0) is 29.0 Å². The van der Waals surface area contributed by atoms with Gasteiger partial charge in [0.15, 0.2) is 6.04 Å². The molecule has 138 valence electrons. The van der Waals surface area contributed by atoms with Gasteiger partial charge in [-0.05, 0) is 24.6 Å². The van der Waals surface area contributed by atoms with E-state index in [0.717, 1.165) is 10.6 Å². The second-order valence-corrected chi connectivity index (χ2v) is 7.01. The van der Waals surface area contributed by atoms with Crippen LogP contribution < -0.4 is 10.5 Å². The zero-order valence-electron chi connectivity index (χ0n) is 15.4. The molecule has 0 radical (unpaired) electrons. The first-order chi connectivity index (χ1) is 13.1. The number of ether oxygens (including phenoxy) is 1. The monoisotopic (exact) mass is 364 g/mol. The molecule has 1 aromatic carbocycles. The molecule has 1 unspecified atom stereocenters. The average Bonchev–Trinajstić information content (AvgIpc) is 2.66. The second kappa shape index (κ2) is 6.96. The molecule has 1 aliphatic heterocycles. The van der Waals surface area contributed by atoms with Crippen molar-refractivity contribution in [3.63, 3.8) is 0 Å². The van der Waals surface area contributed by atoms with Crippen molar-refractivity contribution in [3.05, 3.63) is 81.4 Å². The van der Waals surface area contributed by atoms with Crippen LogP contribution in [0.15, 0.2) is 53.3 Å². The molecule has 0 fully saturated rings.